The first-order chi connectivity index (χ1) is 8.64. The third-order valence-electron chi connectivity index (χ3n) is 3.47. The van der Waals surface area contributed by atoms with Crippen molar-refractivity contribution in [3.63, 3.8) is 0 Å². The van der Waals surface area contributed by atoms with Crippen molar-refractivity contribution in [2.75, 3.05) is 0 Å². The fourth-order valence-corrected chi connectivity index (χ4v) is 2.26. The molecule has 0 bridgehead atoms. The third kappa shape index (κ3) is 3.80. The number of benzene rings is 1. The molecule has 1 aromatic rings. The standard InChI is InChI=1S/C16H22O2/c1-3-4-11-16(13-17,12-10-14(2)18)15-8-6-5-7-9-15/h5-9,13H,3-4,10-12H2,1-2H3. The van der Waals surface area contributed by atoms with Crippen molar-refractivity contribution >= 4 is 12.1 Å². The first kappa shape index (κ1) is 14.6. The highest BCUT2D eigenvalue weighted by atomic mass is 16.1. The van der Waals surface area contributed by atoms with Crippen LogP contribution < -0.4 is 0 Å². The normalized spacial score (nSPS) is 13.9. The highest BCUT2D eigenvalue weighted by Gasteiger charge is 2.31. The Morgan fingerprint density at radius 3 is 2.39 bits per heavy atom. The number of hydrogen-bond acceptors (Lipinski definition) is 2. The van der Waals surface area contributed by atoms with Crippen LogP contribution in [-0.4, -0.2) is 12.1 Å². The van der Waals surface area contributed by atoms with E-state index in [1.54, 1.807) is 6.92 Å². The van der Waals surface area contributed by atoms with Crippen LogP contribution in [0.25, 0.3) is 0 Å². The molecule has 1 rings (SSSR count). The van der Waals surface area contributed by atoms with Gasteiger partial charge in [-0.15, -0.1) is 0 Å². The van der Waals surface area contributed by atoms with Crippen LogP contribution in [-0.2, 0) is 15.0 Å². The Kier molecular flexibility index (Phi) is 5.76. The number of unbranched alkanes of at least 4 members (excludes halogenated alkanes) is 1. The highest BCUT2D eigenvalue weighted by Crippen LogP contribution is 2.33. The number of hydrogen-bond donors (Lipinski definition) is 0. The van der Waals surface area contributed by atoms with Crippen molar-refractivity contribution in [2.24, 2.45) is 0 Å². The zero-order valence-corrected chi connectivity index (χ0v) is 11.3. The van der Waals surface area contributed by atoms with E-state index in [9.17, 15) is 9.59 Å². The molecule has 0 aliphatic heterocycles. The molecule has 2 heteroatoms. The van der Waals surface area contributed by atoms with E-state index in [4.69, 9.17) is 0 Å². The number of carbonyl (C=O) groups excluding carboxylic acids is 2. The summed E-state index contributed by atoms with van der Waals surface area (Å²) in [6.45, 7) is 3.70. The number of Topliss-reactive ketones (excluding diaryl/α,β-unsaturated/α-hetero) is 1. The summed E-state index contributed by atoms with van der Waals surface area (Å²) < 4.78 is 0. The fraction of sp³-hybridized carbons (Fsp3) is 0.500. The lowest BCUT2D eigenvalue weighted by Gasteiger charge is -2.28. The molecule has 0 radical (unpaired) electrons. The summed E-state index contributed by atoms with van der Waals surface area (Å²) in [5.74, 6) is 0.147. The molecular weight excluding hydrogens is 224 g/mol. The molecule has 0 aliphatic rings. The van der Waals surface area contributed by atoms with Crippen molar-refractivity contribution in [3.05, 3.63) is 35.9 Å². The Bertz CT molecular complexity index is 383. The summed E-state index contributed by atoms with van der Waals surface area (Å²) in [6, 6.07) is 9.83. The average molecular weight is 246 g/mol. The van der Waals surface area contributed by atoms with Gasteiger partial charge in [0, 0.05) is 6.42 Å². The van der Waals surface area contributed by atoms with E-state index in [0.717, 1.165) is 31.1 Å². The molecular formula is C16H22O2. The van der Waals surface area contributed by atoms with Gasteiger partial charge in [0.2, 0.25) is 0 Å². The second kappa shape index (κ2) is 7.10. The van der Waals surface area contributed by atoms with E-state index >= 15 is 0 Å². The van der Waals surface area contributed by atoms with Crippen molar-refractivity contribution in [1.82, 2.24) is 0 Å². The highest BCUT2D eigenvalue weighted by molar-refractivity contribution is 5.77. The maximum Gasteiger partial charge on any atom is 0.130 e. The first-order valence-electron chi connectivity index (χ1n) is 6.66. The Morgan fingerprint density at radius 1 is 1.22 bits per heavy atom. The molecule has 18 heavy (non-hydrogen) atoms. The van der Waals surface area contributed by atoms with Gasteiger partial charge in [0.1, 0.15) is 12.1 Å². The van der Waals surface area contributed by atoms with E-state index in [-0.39, 0.29) is 5.78 Å². The van der Waals surface area contributed by atoms with Gasteiger partial charge in [0.15, 0.2) is 0 Å². The Labute approximate surface area is 109 Å². The monoisotopic (exact) mass is 246 g/mol. The molecule has 0 fully saturated rings. The molecule has 0 spiro atoms. The number of ketones is 1. The smallest absolute Gasteiger partial charge is 0.130 e. The van der Waals surface area contributed by atoms with Crippen molar-refractivity contribution in [2.45, 2.75) is 51.4 Å². The van der Waals surface area contributed by atoms with E-state index in [2.05, 4.69) is 6.92 Å². The van der Waals surface area contributed by atoms with Gasteiger partial charge >= 0.3 is 0 Å². The summed E-state index contributed by atoms with van der Waals surface area (Å²) in [4.78, 5) is 22.8. The van der Waals surface area contributed by atoms with E-state index in [1.165, 1.54) is 0 Å². The lowest BCUT2D eigenvalue weighted by atomic mass is 9.74. The summed E-state index contributed by atoms with van der Waals surface area (Å²) in [5.41, 5.74) is 0.554. The molecule has 1 unspecified atom stereocenters. The van der Waals surface area contributed by atoms with Crippen LogP contribution in [0.15, 0.2) is 30.3 Å². The van der Waals surface area contributed by atoms with Crippen LogP contribution in [0.5, 0.6) is 0 Å². The Hall–Kier alpha value is -1.44. The van der Waals surface area contributed by atoms with E-state index < -0.39 is 5.41 Å². The lowest BCUT2D eigenvalue weighted by molar-refractivity contribution is -0.118. The average Bonchev–Trinajstić information content (AvgIpc) is 2.40. The molecule has 1 atom stereocenters. The second-order valence-corrected chi connectivity index (χ2v) is 4.95. The molecule has 0 saturated heterocycles. The van der Waals surface area contributed by atoms with Crippen molar-refractivity contribution < 1.29 is 9.59 Å². The molecule has 1 aromatic carbocycles. The summed E-state index contributed by atoms with van der Waals surface area (Å²) in [6.07, 6.45) is 5.02. The molecule has 0 heterocycles. The molecule has 0 saturated carbocycles. The first-order valence-corrected chi connectivity index (χ1v) is 6.66. The minimum absolute atomic E-state index is 0.147. The Balaban J connectivity index is 2.97. The molecule has 2 nitrogen and oxygen atoms in total. The topological polar surface area (TPSA) is 34.1 Å². The zero-order chi connectivity index (χ0) is 13.4. The largest absolute Gasteiger partial charge is 0.302 e. The fourth-order valence-electron chi connectivity index (χ4n) is 2.26. The summed E-state index contributed by atoms with van der Waals surface area (Å²) in [5, 5.41) is 0. The minimum Gasteiger partial charge on any atom is -0.302 e. The van der Waals surface area contributed by atoms with E-state index in [1.807, 2.05) is 30.3 Å². The second-order valence-electron chi connectivity index (χ2n) is 4.95. The number of rotatable bonds is 8. The van der Waals surface area contributed by atoms with Gasteiger partial charge in [-0.05, 0) is 25.3 Å². The van der Waals surface area contributed by atoms with Gasteiger partial charge in [0.25, 0.3) is 0 Å². The van der Waals surface area contributed by atoms with Gasteiger partial charge in [-0.25, -0.2) is 0 Å². The van der Waals surface area contributed by atoms with Crippen molar-refractivity contribution in [1.29, 1.82) is 0 Å². The van der Waals surface area contributed by atoms with Crippen molar-refractivity contribution in [3.8, 4) is 0 Å². The summed E-state index contributed by atoms with van der Waals surface area (Å²) >= 11 is 0. The molecule has 0 aromatic heterocycles. The number of aldehydes is 1. The molecule has 0 amide bonds. The molecule has 0 N–H and O–H groups in total. The third-order valence-corrected chi connectivity index (χ3v) is 3.47. The SMILES string of the molecule is CCCCC(C=O)(CCC(C)=O)c1ccccc1. The number of carbonyl (C=O) groups is 2. The van der Waals surface area contributed by atoms with Crippen LogP contribution in [0.2, 0.25) is 0 Å². The van der Waals surface area contributed by atoms with Crippen LogP contribution in [0.4, 0.5) is 0 Å². The van der Waals surface area contributed by atoms with E-state index in [0.29, 0.717) is 12.8 Å². The van der Waals surface area contributed by atoms with Crippen LogP contribution in [0, 0.1) is 0 Å². The summed E-state index contributed by atoms with van der Waals surface area (Å²) in [7, 11) is 0. The predicted molar refractivity (Wildman–Crippen MR) is 73.6 cm³/mol. The van der Waals surface area contributed by atoms with Crippen LogP contribution in [0.1, 0.15) is 51.5 Å². The van der Waals surface area contributed by atoms with Gasteiger partial charge in [0.05, 0.1) is 5.41 Å². The maximum absolute atomic E-state index is 11.6. The van der Waals surface area contributed by atoms with Crippen LogP contribution in [0.3, 0.4) is 0 Å². The maximum atomic E-state index is 11.6. The predicted octanol–water partition coefficient (Wildman–Crippen LogP) is 3.68. The Morgan fingerprint density at radius 2 is 1.89 bits per heavy atom. The van der Waals surface area contributed by atoms with Gasteiger partial charge in [-0.3, -0.25) is 0 Å². The minimum atomic E-state index is -0.483. The van der Waals surface area contributed by atoms with Crippen LogP contribution >= 0.6 is 0 Å². The van der Waals surface area contributed by atoms with Gasteiger partial charge in [-0.1, -0.05) is 50.1 Å². The molecule has 0 aliphatic carbocycles. The molecule has 98 valence electrons. The lowest BCUT2D eigenvalue weighted by Crippen LogP contribution is -2.28. The zero-order valence-electron chi connectivity index (χ0n) is 11.3. The van der Waals surface area contributed by atoms with Gasteiger partial charge in [-0.2, -0.15) is 0 Å². The van der Waals surface area contributed by atoms with Gasteiger partial charge < -0.3 is 9.59 Å². The quantitative estimate of drug-likeness (QED) is 0.656.